The number of rotatable bonds is 5. The van der Waals surface area contributed by atoms with E-state index in [1.54, 1.807) is 13.1 Å². The number of oxazole rings is 1. The van der Waals surface area contributed by atoms with Gasteiger partial charge in [-0.1, -0.05) is 19.9 Å². The van der Waals surface area contributed by atoms with Crippen molar-refractivity contribution in [1.82, 2.24) is 9.88 Å². The van der Waals surface area contributed by atoms with Gasteiger partial charge in [0.15, 0.2) is 5.58 Å². The molecule has 0 bridgehead atoms. The van der Waals surface area contributed by atoms with Crippen LogP contribution < -0.4 is 11.1 Å². The molecule has 0 aliphatic carbocycles. The van der Waals surface area contributed by atoms with Gasteiger partial charge in [0, 0.05) is 19.5 Å². The second-order valence-corrected chi connectivity index (χ2v) is 4.96. The van der Waals surface area contributed by atoms with Crippen molar-refractivity contribution < 1.29 is 9.21 Å². The van der Waals surface area contributed by atoms with Crippen molar-refractivity contribution in [2.24, 2.45) is 13.0 Å². The number of nitrogens with one attached hydrogen (secondary N) is 1. The molecule has 0 fully saturated rings. The molecular formula is C15H20N2O3. The summed E-state index contributed by atoms with van der Waals surface area (Å²) >= 11 is 0. The minimum atomic E-state index is -0.377. The van der Waals surface area contributed by atoms with Crippen molar-refractivity contribution in [3.05, 3.63) is 34.3 Å². The van der Waals surface area contributed by atoms with Gasteiger partial charge in [-0.3, -0.25) is 9.36 Å². The number of carbonyl (C=O) groups is 1. The number of carbonyl (C=O) groups excluding carboxylic acids is 1. The zero-order chi connectivity index (χ0) is 14.7. The lowest BCUT2D eigenvalue weighted by Crippen LogP contribution is -2.29. The molecule has 1 aromatic heterocycles. The van der Waals surface area contributed by atoms with E-state index < -0.39 is 0 Å². The predicted octanol–water partition coefficient (Wildman–Crippen LogP) is 2.18. The molecule has 1 heterocycles. The summed E-state index contributed by atoms with van der Waals surface area (Å²) < 4.78 is 6.59. The summed E-state index contributed by atoms with van der Waals surface area (Å²) in [7, 11) is 1.67. The van der Waals surface area contributed by atoms with Crippen LogP contribution in [0.15, 0.2) is 27.4 Å². The fourth-order valence-electron chi connectivity index (χ4n) is 2.28. The van der Waals surface area contributed by atoms with Gasteiger partial charge in [-0.15, -0.1) is 0 Å². The Morgan fingerprint density at radius 3 is 2.70 bits per heavy atom. The summed E-state index contributed by atoms with van der Waals surface area (Å²) in [6.45, 7) is 4.47. The Morgan fingerprint density at radius 2 is 2.05 bits per heavy atom. The van der Waals surface area contributed by atoms with Gasteiger partial charge in [0.05, 0.1) is 5.52 Å². The van der Waals surface area contributed by atoms with E-state index in [0.29, 0.717) is 12.1 Å². The first-order valence-electron chi connectivity index (χ1n) is 6.93. The van der Waals surface area contributed by atoms with E-state index in [4.69, 9.17) is 4.42 Å². The number of aryl methyl sites for hydroxylation is 1. The first kappa shape index (κ1) is 14.4. The first-order chi connectivity index (χ1) is 9.56. The highest BCUT2D eigenvalue weighted by atomic mass is 16.4. The molecule has 5 heteroatoms. The fraction of sp³-hybridized carbons (Fsp3) is 0.467. The molecule has 2 aromatic rings. The van der Waals surface area contributed by atoms with Crippen LogP contribution >= 0.6 is 0 Å². The minimum Gasteiger partial charge on any atom is -0.408 e. The molecule has 0 radical (unpaired) electrons. The van der Waals surface area contributed by atoms with Crippen LogP contribution in [0.3, 0.4) is 0 Å². The summed E-state index contributed by atoms with van der Waals surface area (Å²) in [6, 6.07) is 5.52. The summed E-state index contributed by atoms with van der Waals surface area (Å²) in [5.74, 6) is -0.240. The second kappa shape index (κ2) is 5.94. The van der Waals surface area contributed by atoms with Crippen LogP contribution in [0.25, 0.3) is 11.1 Å². The highest BCUT2D eigenvalue weighted by Gasteiger charge is 2.13. The predicted molar refractivity (Wildman–Crippen MR) is 77.4 cm³/mol. The standard InChI is InChI=1S/C15H20N2O3/c1-4-11(5-2)14(18)16-9-10-6-7-12-13(8-10)20-15(19)17(12)3/h6-8,11H,4-5,9H2,1-3H3,(H,16,18). The summed E-state index contributed by atoms with van der Waals surface area (Å²) in [4.78, 5) is 23.3. The molecule has 20 heavy (non-hydrogen) atoms. The molecule has 0 aliphatic heterocycles. The molecule has 1 amide bonds. The van der Waals surface area contributed by atoms with Crippen LogP contribution in [0, 0.1) is 5.92 Å². The zero-order valence-corrected chi connectivity index (χ0v) is 12.1. The quantitative estimate of drug-likeness (QED) is 0.910. The normalized spacial score (nSPS) is 11.2. The maximum atomic E-state index is 11.9. The van der Waals surface area contributed by atoms with E-state index in [1.165, 1.54) is 4.57 Å². The number of benzene rings is 1. The number of nitrogens with zero attached hydrogens (tertiary/aromatic N) is 1. The molecule has 0 saturated carbocycles. The van der Waals surface area contributed by atoms with Gasteiger partial charge >= 0.3 is 5.76 Å². The third-order valence-corrected chi connectivity index (χ3v) is 3.68. The number of fused-ring (bicyclic) bond motifs is 1. The summed E-state index contributed by atoms with van der Waals surface area (Å²) in [6.07, 6.45) is 1.68. The van der Waals surface area contributed by atoms with E-state index >= 15 is 0 Å². The SMILES string of the molecule is CCC(CC)C(=O)NCc1ccc2c(c1)oc(=O)n2C. The van der Waals surface area contributed by atoms with Crippen LogP contribution in [0.1, 0.15) is 32.3 Å². The molecule has 108 valence electrons. The number of amides is 1. The van der Waals surface area contributed by atoms with E-state index in [0.717, 1.165) is 23.9 Å². The summed E-state index contributed by atoms with van der Waals surface area (Å²) in [5, 5.41) is 2.92. The van der Waals surface area contributed by atoms with E-state index in [9.17, 15) is 9.59 Å². The molecule has 0 saturated heterocycles. The van der Waals surface area contributed by atoms with Crippen LogP contribution in [0.2, 0.25) is 0 Å². The maximum Gasteiger partial charge on any atom is 0.419 e. The first-order valence-corrected chi connectivity index (χ1v) is 6.93. The van der Waals surface area contributed by atoms with Crippen molar-refractivity contribution in [3.63, 3.8) is 0 Å². The van der Waals surface area contributed by atoms with Crippen molar-refractivity contribution in [1.29, 1.82) is 0 Å². The molecule has 0 spiro atoms. The smallest absolute Gasteiger partial charge is 0.408 e. The highest BCUT2D eigenvalue weighted by molar-refractivity contribution is 5.79. The third-order valence-electron chi connectivity index (χ3n) is 3.68. The Morgan fingerprint density at radius 1 is 1.35 bits per heavy atom. The lowest BCUT2D eigenvalue weighted by atomic mass is 10.0. The second-order valence-electron chi connectivity index (χ2n) is 4.96. The zero-order valence-electron chi connectivity index (χ0n) is 12.1. The highest BCUT2D eigenvalue weighted by Crippen LogP contribution is 2.14. The van der Waals surface area contributed by atoms with Crippen molar-refractivity contribution in [2.75, 3.05) is 0 Å². The molecule has 0 atom stereocenters. The van der Waals surface area contributed by atoms with E-state index in [-0.39, 0.29) is 17.6 Å². The fourth-order valence-corrected chi connectivity index (χ4v) is 2.28. The molecular weight excluding hydrogens is 256 g/mol. The largest absolute Gasteiger partial charge is 0.419 e. The van der Waals surface area contributed by atoms with Gasteiger partial charge in [0.1, 0.15) is 0 Å². The number of hydrogen-bond acceptors (Lipinski definition) is 3. The topological polar surface area (TPSA) is 64.2 Å². The van der Waals surface area contributed by atoms with Crippen LogP contribution in [0.4, 0.5) is 0 Å². The van der Waals surface area contributed by atoms with Crippen LogP contribution in [0.5, 0.6) is 0 Å². The van der Waals surface area contributed by atoms with Crippen molar-refractivity contribution >= 4 is 17.0 Å². The Bertz CT molecular complexity index is 665. The minimum absolute atomic E-state index is 0.0633. The van der Waals surface area contributed by atoms with Gasteiger partial charge in [-0.05, 0) is 30.5 Å². The van der Waals surface area contributed by atoms with Crippen molar-refractivity contribution in [2.45, 2.75) is 33.2 Å². The Hall–Kier alpha value is -2.04. The number of aromatic nitrogens is 1. The number of hydrogen-bond donors (Lipinski definition) is 1. The Balaban J connectivity index is 2.11. The monoisotopic (exact) mass is 276 g/mol. The Kier molecular flexibility index (Phi) is 4.27. The average Bonchev–Trinajstić information content (AvgIpc) is 2.73. The van der Waals surface area contributed by atoms with E-state index in [2.05, 4.69) is 5.32 Å². The van der Waals surface area contributed by atoms with Crippen LogP contribution in [-0.2, 0) is 18.4 Å². The van der Waals surface area contributed by atoms with Gasteiger partial charge in [-0.25, -0.2) is 4.79 Å². The van der Waals surface area contributed by atoms with E-state index in [1.807, 2.05) is 26.0 Å². The van der Waals surface area contributed by atoms with Crippen LogP contribution in [-0.4, -0.2) is 10.5 Å². The third kappa shape index (κ3) is 2.76. The average molecular weight is 276 g/mol. The van der Waals surface area contributed by atoms with Gasteiger partial charge < -0.3 is 9.73 Å². The summed E-state index contributed by atoms with van der Waals surface area (Å²) in [5.41, 5.74) is 2.23. The molecule has 0 unspecified atom stereocenters. The Labute approximate surface area is 117 Å². The maximum absolute atomic E-state index is 11.9. The molecule has 2 rings (SSSR count). The lowest BCUT2D eigenvalue weighted by Gasteiger charge is -2.12. The molecule has 5 nitrogen and oxygen atoms in total. The van der Waals surface area contributed by atoms with Gasteiger partial charge in [-0.2, -0.15) is 0 Å². The lowest BCUT2D eigenvalue weighted by molar-refractivity contribution is -0.125. The van der Waals surface area contributed by atoms with Crippen molar-refractivity contribution in [3.8, 4) is 0 Å². The molecule has 1 aromatic carbocycles. The van der Waals surface area contributed by atoms with Gasteiger partial charge in [0.2, 0.25) is 5.91 Å². The molecule has 0 aliphatic rings. The molecule has 1 N–H and O–H groups in total. The van der Waals surface area contributed by atoms with Gasteiger partial charge in [0.25, 0.3) is 0 Å².